The van der Waals surface area contributed by atoms with E-state index in [1.54, 1.807) is 31.2 Å². The first-order valence-electron chi connectivity index (χ1n) is 7.65. The lowest BCUT2D eigenvalue weighted by Gasteiger charge is -2.15. The van der Waals surface area contributed by atoms with Crippen LogP contribution < -0.4 is 16.0 Å². The van der Waals surface area contributed by atoms with Crippen molar-refractivity contribution in [2.75, 3.05) is 5.73 Å². The van der Waals surface area contributed by atoms with E-state index in [2.05, 4.69) is 4.74 Å². The van der Waals surface area contributed by atoms with Crippen LogP contribution in [0.25, 0.3) is 16.6 Å². The highest BCUT2D eigenvalue weighted by Crippen LogP contribution is 2.29. The van der Waals surface area contributed by atoms with Crippen LogP contribution in [-0.2, 0) is 0 Å². The number of ether oxygens (including phenoxy) is 1. The van der Waals surface area contributed by atoms with Crippen LogP contribution in [0.1, 0.15) is 18.6 Å². The van der Waals surface area contributed by atoms with Crippen molar-refractivity contribution in [3.8, 4) is 11.4 Å². The number of pyridine rings is 1. The molecular weight excluding hydrogens is 349 g/mol. The Morgan fingerprint density at radius 2 is 1.77 bits per heavy atom. The van der Waals surface area contributed by atoms with E-state index in [0.29, 0.717) is 16.6 Å². The number of hydrogen-bond acceptors (Lipinski definition) is 4. The van der Waals surface area contributed by atoms with Gasteiger partial charge in [-0.25, -0.2) is 0 Å². The van der Waals surface area contributed by atoms with Gasteiger partial charge >= 0.3 is 6.36 Å². The van der Waals surface area contributed by atoms with Crippen LogP contribution in [0, 0.1) is 0 Å². The monoisotopic (exact) mass is 364 g/mol. The van der Waals surface area contributed by atoms with Gasteiger partial charge in [0.05, 0.1) is 11.6 Å². The van der Waals surface area contributed by atoms with Crippen molar-refractivity contribution < 1.29 is 23.0 Å². The molecule has 1 heterocycles. The van der Waals surface area contributed by atoms with Gasteiger partial charge in [0, 0.05) is 28.9 Å². The zero-order chi connectivity index (χ0) is 19.1. The Morgan fingerprint density at radius 3 is 2.35 bits per heavy atom. The number of fused-ring (bicyclic) bond motifs is 1. The number of aromatic nitrogens is 1. The number of alkyl halides is 3. The SMILES string of the molecule is C[C@@H](O)c1ccc(-n2c(=O)cc(N)c3ccc(OC(F)(F)F)cc32)cc1. The average Bonchev–Trinajstić information content (AvgIpc) is 2.53. The highest BCUT2D eigenvalue weighted by Gasteiger charge is 2.31. The molecule has 3 rings (SSSR count). The summed E-state index contributed by atoms with van der Waals surface area (Å²) in [6.07, 6.45) is -5.53. The van der Waals surface area contributed by atoms with Crippen molar-refractivity contribution in [3.63, 3.8) is 0 Å². The molecule has 0 saturated heterocycles. The summed E-state index contributed by atoms with van der Waals surface area (Å²) in [7, 11) is 0. The minimum atomic E-state index is -4.85. The predicted octanol–water partition coefficient (Wildman–Crippen LogP) is 3.52. The van der Waals surface area contributed by atoms with Gasteiger partial charge in [-0.05, 0) is 36.8 Å². The number of anilines is 1. The van der Waals surface area contributed by atoms with Crippen LogP contribution in [0.4, 0.5) is 18.9 Å². The van der Waals surface area contributed by atoms with Crippen molar-refractivity contribution in [2.24, 2.45) is 0 Å². The standard InChI is InChI=1S/C18H15F3N2O3/c1-10(24)11-2-4-12(5-3-11)23-16-8-13(26-18(19,20)21)6-7-14(16)15(22)9-17(23)25/h2-10,24H,22H2,1H3/t10-/m1/s1. The smallest absolute Gasteiger partial charge is 0.406 e. The molecule has 0 aliphatic carbocycles. The first kappa shape index (κ1) is 17.8. The highest BCUT2D eigenvalue weighted by molar-refractivity contribution is 5.92. The molecule has 3 N–H and O–H groups in total. The lowest BCUT2D eigenvalue weighted by atomic mass is 10.1. The number of halogens is 3. The normalized spacial score (nSPS) is 13.0. The maximum Gasteiger partial charge on any atom is 0.573 e. The topological polar surface area (TPSA) is 77.5 Å². The number of aliphatic hydroxyl groups excluding tert-OH is 1. The summed E-state index contributed by atoms with van der Waals surface area (Å²) >= 11 is 0. The molecule has 0 spiro atoms. The largest absolute Gasteiger partial charge is 0.573 e. The van der Waals surface area contributed by atoms with E-state index in [0.717, 1.165) is 12.1 Å². The van der Waals surface area contributed by atoms with Crippen molar-refractivity contribution in [3.05, 3.63) is 64.4 Å². The van der Waals surface area contributed by atoms with Gasteiger partial charge in [-0.15, -0.1) is 13.2 Å². The Bertz CT molecular complexity index is 1010. The van der Waals surface area contributed by atoms with Crippen LogP contribution in [-0.4, -0.2) is 16.0 Å². The molecule has 0 amide bonds. The molecule has 1 atom stereocenters. The molecule has 136 valence electrons. The number of hydrogen-bond donors (Lipinski definition) is 2. The van der Waals surface area contributed by atoms with Crippen LogP contribution in [0.15, 0.2) is 53.3 Å². The summed E-state index contributed by atoms with van der Waals surface area (Å²) in [5.41, 5.74) is 6.74. The lowest BCUT2D eigenvalue weighted by molar-refractivity contribution is -0.274. The Balaban J connectivity index is 2.22. The summed E-state index contributed by atoms with van der Waals surface area (Å²) < 4.78 is 42.7. The Morgan fingerprint density at radius 1 is 1.12 bits per heavy atom. The Hall–Kier alpha value is -3.00. The van der Waals surface area contributed by atoms with E-state index in [1.807, 2.05) is 0 Å². The van der Waals surface area contributed by atoms with Crippen LogP contribution in [0.3, 0.4) is 0 Å². The van der Waals surface area contributed by atoms with Crippen LogP contribution in [0.2, 0.25) is 0 Å². The van der Waals surface area contributed by atoms with Crippen LogP contribution in [0.5, 0.6) is 5.75 Å². The third-order valence-electron chi connectivity index (χ3n) is 3.89. The summed E-state index contributed by atoms with van der Waals surface area (Å²) in [6.45, 7) is 1.60. The summed E-state index contributed by atoms with van der Waals surface area (Å²) in [5.74, 6) is -0.454. The second-order valence-electron chi connectivity index (χ2n) is 5.77. The maximum absolute atomic E-state index is 12.5. The van der Waals surface area contributed by atoms with E-state index in [9.17, 15) is 23.1 Å². The Labute approximate surface area is 146 Å². The van der Waals surface area contributed by atoms with Crippen molar-refractivity contribution in [2.45, 2.75) is 19.4 Å². The van der Waals surface area contributed by atoms with Gasteiger partial charge in [0.2, 0.25) is 0 Å². The first-order chi connectivity index (χ1) is 12.2. The van der Waals surface area contributed by atoms with E-state index in [1.165, 1.54) is 16.7 Å². The number of nitrogens with two attached hydrogens (primary N) is 1. The second-order valence-corrected chi connectivity index (χ2v) is 5.77. The van der Waals surface area contributed by atoms with Crippen molar-refractivity contribution >= 4 is 16.6 Å². The fourth-order valence-corrected chi connectivity index (χ4v) is 2.70. The molecular formula is C18H15F3N2O3. The van der Waals surface area contributed by atoms with Gasteiger partial charge in [0.25, 0.3) is 5.56 Å². The molecule has 0 radical (unpaired) electrons. The number of nitrogens with zero attached hydrogens (tertiary/aromatic N) is 1. The molecule has 0 saturated carbocycles. The molecule has 2 aromatic carbocycles. The molecule has 0 fully saturated rings. The summed E-state index contributed by atoms with van der Waals surface area (Å²) in [6, 6.07) is 11.3. The second kappa shape index (κ2) is 6.38. The van der Waals surface area contributed by atoms with Gasteiger partial charge in [-0.1, -0.05) is 12.1 Å². The third-order valence-corrected chi connectivity index (χ3v) is 3.89. The van der Waals surface area contributed by atoms with Gasteiger partial charge in [0.1, 0.15) is 5.75 Å². The van der Waals surface area contributed by atoms with Crippen molar-refractivity contribution in [1.82, 2.24) is 4.57 Å². The average molecular weight is 364 g/mol. The highest BCUT2D eigenvalue weighted by atomic mass is 19.4. The number of aliphatic hydroxyl groups is 1. The van der Waals surface area contributed by atoms with Gasteiger partial charge in [0.15, 0.2) is 0 Å². The third kappa shape index (κ3) is 3.50. The molecule has 0 aliphatic rings. The number of rotatable bonds is 3. The minimum Gasteiger partial charge on any atom is -0.406 e. The van der Waals surface area contributed by atoms with Crippen molar-refractivity contribution in [1.29, 1.82) is 0 Å². The molecule has 26 heavy (non-hydrogen) atoms. The Kier molecular flexibility index (Phi) is 4.37. The van der Waals surface area contributed by atoms with E-state index in [4.69, 9.17) is 5.73 Å². The predicted molar refractivity (Wildman–Crippen MR) is 91.3 cm³/mol. The minimum absolute atomic E-state index is 0.153. The zero-order valence-electron chi connectivity index (χ0n) is 13.6. The number of nitrogen functional groups attached to an aromatic ring is 1. The summed E-state index contributed by atoms with van der Waals surface area (Å²) in [5, 5.41) is 10.00. The van der Waals surface area contributed by atoms with Gasteiger partial charge in [-0.2, -0.15) is 0 Å². The number of benzene rings is 2. The van der Waals surface area contributed by atoms with E-state index in [-0.39, 0.29) is 11.2 Å². The molecule has 8 heteroatoms. The fraction of sp³-hybridized carbons (Fsp3) is 0.167. The summed E-state index contributed by atoms with van der Waals surface area (Å²) in [4.78, 5) is 12.4. The maximum atomic E-state index is 12.5. The quantitative estimate of drug-likeness (QED) is 0.745. The molecule has 0 unspecified atom stereocenters. The molecule has 3 aromatic rings. The first-order valence-corrected chi connectivity index (χ1v) is 7.65. The van der Waals surface area contributed by atoms with E-state index >= 15 is 0 Å². The molecule has 0 aliphatic heterocycles. The van der Waals surface area contributed by atoms with Crippen LogP contribution >= 0.6 is 0 Å². The zero-order valence-corrected chi connectivity index (χ0v) is 13.6. The molecule has 1 aromatic heterocycles. The fourth-order valence-electron chi connectivity index (χ4n) is 2.70. The lowest BCUT2D eigenvalue weighted by Crippen LogP contribution is -2.20. The molecule has 0 bridgehead atoms. The van der Waals surface area contributed by atoms with E-state index < -0.39 is 23.8 Å². The van der Waals surface area contributed by atoms with Gasteiger partial charge in [-0.3, -0.25) is 9.36 Å². The van der Waals surface area contributed by atoms with Gasteiger partial charge < -0.3 is 15.6 Å². The molecule has 5 nitrogen and oxygen atoms in total.